The largest absolute Gasteiger partial charge is 0.368 e. The molecule has 0 amide bonds. The zero-order valence-corrected chi connectivity index (χ0v) is 11.4. The molecule has 2 aromatic rings. The van der Waals surface area contributed by atoms with Crippen molar-refractivity contribution in [1.29, 1.82) is 0 Å². The smallest absolute Gasteiger partial charge is 0.223 e. The van der Waals surface area contributed by atoms with Crippen molar-refractivity contribution in [2.45, 2.75) is 19.8 Å². The summed E-state index contributed by atoms with van der Waals surface area (Å²) in [7, 11) is 0. The third-order valence-corrected chi connectivity index (χ3v) is 2.70. The second kappa shape index (κ2) is 5.04. The Labute approximate surface area is 114 Å². The van der Waals surface area contributed by atoms with Gasteiger partial charge in [-0.3, -0.25) is 0 Å². The van der Waals surface area contributed by atoms with Crippen LogP contribution in [0.25, 0.3) is 11.5 Å². The lowest BCUT2D eigenvalue weighted by Crippen LogP contribution is -2.07. The highest BCUT2D eigenvalue weighted by atomic mass is 35.5. The second-order valence-corrected chi connectivity index (χ2v) is 4.86. The monoisotopic (exact) mass is 283 g/mol. The Morgan fingerprint density at radius 3 is 2.50 bits per heavy atom. The lowest BCUT2D eigenvalue weighted by atomic mass is 10.2. The zero-order valence-electron chi connectivity index (χ0n) is 9.85. The SMILES string of the molecule is CC(C)c1nc(N)nc(-c2ncc(Cl)cc2Cl)n1. The van der Waals surface area contributed by atoms with Gasteiger partial charge in [-0.05, 0) is 6.07 Å². The average molecular weight is 284 g/mol. The molecule has 0 aliphatic heterocycles. The van der Waals surface area contributed by atoms with E-state index in [1.54, 1.807) is 6.07 Å². The number of aromatic nitrogens is 4. The van der Waals surface area contributed by atoms with E-state index in [1.165, 1.54) is 6.20 Å². The number of rotatable bonds is 2. The topological polar surface area (TPSA) is 77.6 Å². The molecule has 5 nitrogen and oxygen atoms in total. The highest BCUT2D eigenvalue weighted by Crippen LogP contribution is 2.26. The van der Waals surface area contributed by atoms with E-state index in [9.17, 15) is 0 Å². The van der Waals surface area contributed by atoms with Gasteiger partial charge in [0.05, 0.1) is 10.0 Å². The van der Waals surface area contributed by atoms with Gasteiger partial charge in [-0.15, -0.1) is 0 Å². The first-order valence-corrected chi connectivity index (χ1v) is 6.06. The van der Waals surface area contributed by atoms with Gasteiger partial charge in [-0.1, -0.05) is 37.0 Å². The number of hydrogen-bond donors (Lipinski definition) is 1. The van der Waals surface area contributed by atoms with Gasteiger partial charge in [0.2, 0.25) is 5.95 Å². The van der Waals surface area contributed by atoms with Crippen LogP contribution in [0.3, 0.4) is 0 Å². The van der Waals surface area contributed by atoms with E-state index in [-0.39, 0.29) is 11.9 Å². The molecule has 7 heteroatoms. The molecule has 0 saturated carbocycles. The van der Waals surface area contributed by atoms with Gasteiger partial charge in [0, 0.05) is 12.1 Å². The maximum Gasteiger partial charge on any atom is 0.223 e. The maximum absolute atomic E-state index is 6.06. The van der Waals surface area contributed by atoms with Crippen molar-refractivity contribution in [3.63, 3.8) is 0 Å². The quantitative estimate of drug-likeness (QED) is 0.917. The molecule has 0 aliphatic carbocycles. The van der Waals surface area contributed by atoms with E-state index < -0.39 is 0 Å². The number of anilines is 1. The molecule has 0 bridgehead atoms. The Hall–Kier alpha value is -1.46. The van der Waals surface area contributed by atoms with Crippen LogP contribution < -0.4 is 5.73 Å². The Kier molecular flexibility index (Phi) is 3.63. The van der Waals surface area contributed by atoms with Gasteiger partial charge >= 0.3 is 0 Å². The molecular formula is C11H11Cl2N5. The van der Waals surface area contributed by atoms with Crippen LogP contribution >= 0.6 is 23.2 Å². The minimum Gasteiger partial charge on any atom is -0.368 e. The molecule has 18 heavy (non-hydrogen) atoms. The van der Waals surface area contributed by atoms with E-state index in [0.29, 0.717) is 27.4 Å². The normalized spacial score (nSPS) is 10.9. The third-order valence-electron chi connectivity index (χ3n) is 2.21. The van der Waals surface area contributed by atoms with Crippen LogP contribution in [0, 0.1) is 0 Å². The third kappa shape index (κ3) is 2.68. The maximum atomic E-state index is 6.06. The van der Waals surface area contributed by atoms with Crippen molar-refractivity contribution in [2.75, 3.05) is 5.73 Å². The van der Waals surface area contributed by atoms with Crippen molar-refractivity contribution in [2.24, 2.45) is 0 Å². The van der Waals surface area contributed by atoms with Crippen molar-refractivity contribution in [3.8, 4) is 11.5 Å². The van der Waals surface area contributed by atoms with E-state index >= 15 is 0 Å². The minimum absolute atomic E-state index is 0.139. The number of halogens is 2. The molecule has 0 aliphatic rings. The number of nitrogen functional groups attached to an aromatic ring is 1. The highest BCUT2D eigenvalue weighted by molar-refractivity contribution is 6.35. The van der Waals surface area contributed by atoms with Crippen molar-refractivity contribution in [3.05, 3.63) is 28.1 Å². The minimum atomic E-state index is 0.139. The summed E-state index contributed by atoms with van der Waals surface area (Å²) in [6.45, 7) is 3.94. The summed E-state index contributed by atoms with van der Waals surface area (Å²) < 4.78 is 0. The van der Waals surface area contributed by atoms with Crippen LogP contribution in [0.5, 0.6) is 0 Å². The van der Waals surface area contributed by atoms with Gasteiger partial charge in [-0.2, -0.15) is 9.97 Å². The van der Waals surface area contributed by atoms with Gasteiger partial charge in [-0.25, -0.2) is 9.97 Å². The van der Waals surface area contributed by atoms with Crippen LogP contribution in [-0.4, -0.2) is 19.9 Å². The van der Waals surface area contributed by atoms with E-state index in [0.717, 1.165) is 0 Å². The molecule has 0 saturated heterocycles. The Morgan fingerprint density at radius 1 is 1.17 bits per heavy atom. The second-order valence-electron chi connectivity index (χ2n) is 4.01. The van der Waals surface area contributed by atoms with Gasteiger partial charge in [0.1, 0.15) is 11.5 Å². The fourth-order valence-corrected chi connectivity index (χ4v) is 1.82. The lowest BCUT2D eigenvalue weighted by Gasteiger charge is -2.07. The van der Waals surface area contributed by atoms with E-state index in [4.69, 9.17) is 28.9 Å². The number of hydrogen-bond acceptors (Lipinski definition) is 5. The fraction of sp³-hybridized carbons (Fsp3) is 0.273. The molecule has 2 rings (SSSR count). The summed E-state index contributed by atoms with van der Waals surface area (Å²) in [5, 5.41) is 0.831. The molecule has 0 unspecified atom stereocenters. The van der Waals surface area contributed by atoms with Crippen LogP contribution in [0.4, 0.5) is 5.95 Å². The van der Waals surface area contributed by atoms with E-state index in [1.807, 2.05) is 13.8 Å². The van der Waals surface area contributed by atoms with Crippen molar-refractivity contribution >= 4 is 29.2 Å². The highest BCUT2D eigenvalue weighted by Gasteiger charge is 2.13. The predicted octanol–water partition coefficient (Wildman–Crippen LogP) is 2.95. The van der Waals surface area contributed by atoms with E-state index in [2.05, 4.69) is 19.9 Å². The predicted molar refractivity (Wildman–Crippen MR) is 71.6 cm³/mol. The summed E-state index contributed by atoms with van der Waals surface area (Å²) in [6.07, 6.45) is 1.48. The van der Waals surface area contributed by atoms with Crippen molar-refractivity contribution in [1.82, 2.24) is 19.9 Å². The Bertz CT molecular complexity index is 586. The first kappa shape index (κ1) is 13.0. The summed E-state index contributed by atoms with van der Waals surface area (Å²) >= 11 is 11.9. The molecule has 0 aromatic carbocycles. The summed E-state index contributed by atoms with van der Waals surface area (Å²) in [4.78, 5) is 16.5. The first-order chi connectivity index (χ1) is 8.47. The number of nitrogens with two attached hydrogens (primary N) is 1. The summed E-state index contributed by atoms with van der Waals surface area (Å²) in [6, 6.07) is 1.58. The molecule has 2 heterocycles. The lowest BCUT2D eigenvalue weighted by molar-refractivity contribution is 0.766. The van der Waals surface area contributed by atoms with Crippen LogP contribution in [-0.2, 0) is 0 Å². The summed E-state index contributed by atoms with van der Waals surface area (Å²) in [5.41, 5.74) is 6.10. The van der Waals surface area contributed by atoms with Crippen LogP contribution in [0.15, 0.2) is 12.3 Å². The Morgan fingerprint density at radius 2 is 1.89 bits per heavy atom. The van der Waals surface area contributed by atoms with Gasteiger partial charge in [0.15, 0.2) is 5.82 Å². The number of nitrogens with zero attached hydrogens (tertiary/aromatic N) is 4. The standard InChI is InChI=1S/C11H11Cl2N5/c1-5(2)9-16-10(18-11(14)17-9)8-7(13)3-6(12)4-15-8/h3-5H,1-2H3,(H2,14,16,17,18). The summed E-state index contributed by atoms with van der Waals surface area (Å²) in [5.74, 6) is 1.25. The molecule has 94 valence electrons. The molecule has 2 aromatic heterocycles. The van der Waals surface area contributed by atoms with Crippen molar-refractivity contribution < 1.29 is 0 Å². The molecule has 2 N–H and O–H groups in total. The molecule has 0 atom stereocenters. The van der Waals surface area contributed by atoms with Crippen LogP contribution in [0.2, 0.25) is 10.0 Å². The van der Waals surface area contributed by atoms with Gasteiger partial charge < -0.3 is 5.73 Å². The van der Waals surface area contributed by atoms with Crippen LogP contribution in [0.1, 0.15) is 25.6 Å². The first-order valence-electron chi connectivity index (χ1n) is 5.30. The molecule has 0 spiro atoms. The zero-order chi connectivity index (χ0) is 13.3. The fourth-order valence-electron chi connectivity index (χ4n) is 1.35. The molecule has 0 fully saturated rings. The molecular weight excluding hydrogens is 273 g/mol. The van der Waals surface area contributed by atoms with Gasteiger partial charge in [0.25, 0.3) is 0 Å². The Balaban J connectivity index is 2.56. The molecule has 0 radical (unpaired) electrons. The number of pyridine rings is 1. The average Bonchev–Trinajstić information content (AvgIpc) is 2.27.